The third-order valence-corrected chi connectivity index (χ3v) is 6.69. The number of anilines is 1. The Labute approximate surface area is 118 Å². The average molecular weight is 342 g/mol. The summed E-state index contributed by atoms with van der Waals surface area (Å²) < 4.78 is 69.7. The number of sulfone groups is 1. The smallest absolute Gasteiger partial charge is 0.247 e. The van der Waals surface area contributed by atoms with Gasteiger partial charge < -0.3 is 0 Å². The Morgan fingerprint density at radius 1 is 1.10 bits per heavy atom. The molecule has 1 rings (SSSR count). The highest BCUT2D eigenvalue weighted by molar-refractivity contribution is 8.08. The summed E-state index contributed by atoms with van der Waals surface area (Å²) in [5.74, 6) is 0. The molecule has 1 aromatic carbocycles. The Bertz CT molecular complexity index is 824. The molecule has 0 radical (unpaired) electrons. The zero-order valence-electron chi connectivity index (χ0n) is 10.7. The Morgan fingerprint density at radius 2 is 1.65 bits per heavy atom. The number of primary sulfonamides is 1. The average Bonchev–Trinajstić information content (AvgIpc) is 2.14. The molecule has 8 nitrogen and oxygen atoms in total. The third kappa shape index (κ3) is 5.07. The van der Waals surface area contributed by atoms with Crippen LogP contribution < -0.4 is 9.86 Å². The largest absolute Gasteiger partial charge is 0.283 e. The molecular formula is C9H14N2O6S3. The topological polar surface area (TPSA) is 140 Å². The number of nitrogens with two attached hydrogens (primary N) is 1. The van der Waals surface area contributed by atoms with E-state index < -0.39 is 35.0 Å². The van der Waals surface area contributed by atoms with Crippen LogP contribution in [-0.2, 0) is 29.9 Å². The van der Waals surface area contributed by atoms with Gasteiger partial charge in [-0.1, -0.05) is 6.07 Å². The van der Waals surface area contributed by atoms with Crippen molar-refractivity contribution in [2.75, 3.05) is 16.1 Å². The van der Waals surface area contributed by atoms with Gasteiger partial charge in [0.1, 0.15) is 0 Å². The first-order valence-corrected chi connectivity index (χ1v) is 10.4. The fourth-order valence-corrected chi connectivity index (χ4v) is 5.25. The third-order valence-electron chi connectivity index (χ3n) is 2.14. The lowest BCUT2D eigenvalue weighted by Gasteiger charge is -2.10. The molecule has 114 valence electrons. The molecule has 0 bridgehead atoms. The number of aryl methyl sites for hydroxylation is 1. The molecule has 0 aliphatic rings. The van der Waals surface area contributed by atoms with Gasteiger partial charge in [0.2, 0.25) is 20.0 Å². The zero-order chi connectivity index (χ0) is 15.8. The SMILES string of the molecule is Cc1ccc(NS(=O)(=O)CS(C)(=O)=O)cc1S(N)(=O)=O. The maximum atomic E-state index is 11.6. The van der Waals surface area contributed by atoms with Crippen LogP contribution >= 0.6 is 0 Å². The van der Waals surface area contributed by atoms with E-state index in [0.717, 1.165) is 12.3 Å². The second-order valence-corrected chi connectivity index (χ2v) is 10.0. The summed E-state index contributed by atoms with van der Waals surface area (Å²) >= 11 is 0. The Kier molecular flexibility index (Phi) is 4.49. The molecular weight excluding hydrogens is 328 g/mol. The summed E-state index contributed by atoms with van der Waals surface area (Å²) in [7, 11) is -11.9. The van der Waals surface area contributed by atoms with Gasteiger partial charge in [0.15, 0.2) is 14.9 Å². The lowest BCUT2D eigenvalue weighted by Crippen LogP contribution is -2.22. The van der Waals surface area contributed by atoms with Crippen molar-refractivity contribution in [3.63, 3.8) is 0 Å². The molecule has 3 N–H and O–H groups in total. The van der Waals surface area contributed by atoms with Crippen molar-refractivity contribution < 1.29 is 25.3 Å². The summed E-state index contributed by atoms with van der Waals surface area (Å²) in [6.45, 7) is 1.49. The molecule has 0 aliphatic heterocycles. The predicted molar refractivity (Wildman–Crippen MR) is 74.8 cm³/mol. The molecule has 0 aromatic heterocycles. The fraction of sp³-hybridized carbons (Fsp3) is 0.333. The van der Waals surface area contributed by atoms with E-state index in [2.05, 4.69) is 0 Å². The van der Waals surface area contributed by atoms with Gasteiger partial charge in [0, 0.05) is 11.9 Å². The molecule has 11 heteroatoms. The van der Waals surface area contributed by atoms with Gasteiger partial charge >= 0.3 is 0 Å². The number of sulfonamides is 2. The minimum atomic E-state index is -4.14. The Morgan fingerprint density at radius 3 is 2.10 bits per heavy atom. The van der Waals surface area contributed by atoms with Crippen molar-refractivity contribution in [1.29, 1.82) is 0 Å². The fourth-order valence-electron chi connectivity index (χ4n) is 1.46. The minimum Gasteiger partial charge on any atom is -0.283 e. The molecule has 0 amide bonds. The van der Waals surface area contributed by atoms with Gasteiger partial charge in [-0.3, -0.25) is 4.72 Å². The molecule has 0 saturated heterocycles. The number of benzene rings is 1. The maximum absolute atomic E-state index is 11.6. The molecule has 0 heterocycles. The van der Waals surface area contributed by atoms with Gasteiger partial charge in [-0.25, -0.2) is 30.4 Å². The normalized spacial score (nSPS) is 13.2. The van der Waals surface area contributed by atoms with Crippen LogP contribution in [0.1, 0.15) is 5.56 Å². The van der Waals surface area contributed by atoms with E-state index in [-0.39, 0.29) is 10.6 Å². The van der Waals surface area contributed by atoms with Gasteiger partial charge in [-0.15, -0.1) is 0 Å². The number of nitrogens with one attached hydrogen (secondary N) is 1. The molecule has 0 aliphatic carbocycles. The van der Waals surface area contributed by atoms with Crippen molar-refractivity contribution in [1.82, 2.24) is 0 Å². The highest BCUT2D eigenvalue weighted by Crippen LogP contribution is 2.20. The first kappa shape index (κ1) is 16.9. The van der Waals surface area contributed by atoms with Crippen LogP contribution in [0, 0.1) is 6.92 Å². The first-order valence-electron chi connectivity index (χ1n) is 5.12. The molecule has 0 spiro atoms. The first-order chi connectivity index (χ1) is 8.80. The molecule has 0 unspecified atom stereocenters. The molecule has 0 fully saturated rings. The monoisotopic (exact) mass is 342 g/mol. The van der Waals surface area contributed by atoms with E-state index in [1.807, 2.05) is 4.72 Å². The molecule has 20 heavy (non-hydrogen) atoms. The highest BCUT2D eigenvalue weighted by Gasteiger charge is 2.19. The number of hydrogen-bond donors (Lipinski definition) is 2. The second kappa shape index (κ2) is 5.31. The lowest BCUT2D eigenvalue weighted by atomic mass is 10.2. The van der Waals surface area contributed by atoms with Crippen molar-refractivity contribution in [2.45, 2.75) is 11.8 Å². The molecule has 1 aromatic rings. The van der Waals surface area contributed by atoms with Crippen LogP contribution in [-0.4, -0.2) is 36.6 Å². The van der Waals surface area contributed by atoms with Crippen LogP contribution in [0.3, 0.4) is 0 Å². The van der Waals surface area contributed by atoms with Crippen molar-refractivity contribution >= 4 is 35.6 Å². The van der Waals surface area contributed by atoms with E-state index in [4.69, 9.17) is 5.14 Å². The quantitative estimate of drug-likeness (QED) is 0.731. The van der Waals surface area contributed by atoms with Gasteiger partial charge in [-0.05, 0) is 24.6 Å². The van der Waals surface area contributed by atoms with E-state index in [1.165, 1.54) is 19.1 Å². The van der Waals surface area contributed by atoms with Crippen LogP contribution in [0.25, 0.3) is 0 Å². The van der Waals surface area contributed by atoms with Crippen molar-refractivity contribution in [3.8, 4) is 0 Å². The van der Waals surface area contributed by atoms with Crippen LogP contribution in [0.4, 0.5) is 5.69 Å². The molecule has 0 atom stereocenters. The van der Waals surface area contributed by atoms with E-state index >= 15 is 0 Å². The minimum absolute atomic E-state index is 0.0803. The standard InChI is InChI=1S/C9H14N2O6S3/c1-7-3-4-8(5-9(7)20(10,16)17)11-19(14,15)6-18(2,12)13/h3-5,11H,6H2,1-2H3,(H2,10,16,17). The summed E-state index contributed by atoms with van der Waals surface area (Å²) in [6, 6.07) is 3.70. The summed E-state index contributed by atoms with van der Waals surface area (Å²) in [6.07, 6.45) is 0.775. The van der Waals surface area contributed by atoms with Gasteiger partial charge in [-0.2, -0.15) is 0 Å². The summed E-state index contributed by atoms with van der Waals surface area (Å²) in [5, 5.41) is 3.89. The predicted octanol–water partition coefficient (Wildman–Crippen LogP) is -0.614. The van der Waals surface area contributed by atoms with Gasteiger partial charge in [0.25, 0.3) is 0 Å². The Hall–Kier alpha value is -1.17. The summed E-state index contributed by atoms with van der Waals surface area (Å²) in [5.41, 5.74) is 0.266. The second-order valence-electron chi connectivity index (χ2n) is 4.29. The van der Waals surface area contributed by atoms with E-state index in [9.17, 15) is 25.3 Å². The zero-order valence-corrected chi connectivity index (χ0v) is 13.1. The van der Waals surface area contributed by atoms with Crippen molar-refractivity contribution in [3.05, 3.63) is 23.8 Å². The maximum Gasteiger partial charge on any atom is 0.247 e. The number of hydrogen-bond acceptors (Lipinski definition) is 6. The Balaban J connectivity index is 3.19. The summed E-state index contributed by atoms with van der Waals surface area (Å²) in [4.78, 5) is -0.239. The van der Waals surface area contributed by atoms with Crippen LogP contribution in [0.15, 0.2) is 23.1 Å². The lowest BCUT2D eigenvalue weighted by molar-refractivity contribution is 0.592. The van der Waals surface area contributed by atoms with E-state index in [1.54, 1.807) is 0 Å². The molecule has 0 saturated carbocycles. The van der Waals surface area contributed by atoms with Gasteiger partial charge in [0.05, 0.1) is 4.90 Å². The van der Waals surface area contributed by atoms with Crippen LogP contribution in [0.2, 0.25) is 0 Å². The van der Waals surface area contributed by atoms with Crippen LogP contribution in [0.5, 0.6) is 0 Å². The number of rotatable bonds is 5. The highest BCUT2D eigenvalue weighted by atomic mass is 32.3. The van der Waals surface area contributed by atoms with Crippen molar-refractivity contribution in [2.24, 2.45) is 5.14 Å². The van der Waals surface area contributed by atoms with E-state index in [0.29, 0.717) is 5.56 Å².